The van der Waals surface area contributed by atoms with E-state index in [2.05, 4.69) is 22.8 Å². The van der Waals surface area contributed by atoms with Crippen molar-refractivity contribution in [3.8, 4) is 5.75 Å². The number of phenolic OH excluding ortho intramolecular Hbond substituents is 1. The van der Waals surface area contributed by atoms with Crippen LogP contribution in [0.4, 0.5) is 5.69 Å². The van der Waals surface area contributed by atoms with Gasteiger partial charge in [-0.3, -0.25) is 9.59 Å². The van der Waals surface area contributed by atoms with E-state index >= 15 is 0 Å². The quantitative estimate of drug-likeness (QED) is 0.131. The zero-order valence-electron chi connectivity index (χ0n) is 21.4. The summed E-state index contributed by atoms with van der Waals surface area (Å²) in [5, 5.41) is 26.3. The van der Waals surface area contributed by atoms with Gasteiger partial charge in [0.15, 0.2) is 0 Å². The molecule has 6 N–H and O–H groups in total. The van der Waals surface area contributed by atoms with Crippen molar-refractivity contribution in [2.24, 2.45) is 5.73 Å². The Kier molecular flexibility index (Phi) is 9.74. The molecule has 0 spiro atoms. The maximum Gasteiger partial charge on any atom is 0.225 e. The fourth-order valence-electron chi connectivity index (χ4n) is 4.30. The summed E-state index contributed by atoms with van der Waals surface area (Å²) in [4.78, 5) is 24.3. The molecule has 0 aliphatic carbocycles. The lowest BCUT2D eigenvalue weighted by Crippen LogP contribution is -2.43. The van der Waals surface area contributed by atoms with Gasteiger partial charge in [0.25, 0.3) is 0 Å². The van der Waals surface area contributed by atoms with Crippen molar-refractivity contribution in [2.75, 3.05) is 18.1 Å². The van der Waals surface area contributed by atoms with Gasteiger partial charge in [0.1, 0.15) is 5.75 Å². The van der Waals surface area contributed by atoms with Gasteiger partial charge in [-0.05, 0) is 79.5 Å². The summed E-state index contributed by atoms with van der Waals surface area (Å²) >= 11 is 1.67. The second-order valence-electron chi connectivity index (χ2n) is 9.75. The average molecular weight is 522 g/mol. The Labute approximate surface area is 222 Å². The van der Waals surface area contributed by atoms with Gasteiger partial charge in [0.2, 0.25) is 12.3 Å². The third-order valence-electron chi connectivity index (χ3n) is 6.34. The normalized spacial score (nSPS) is 13.1. The predicted octanol–water partition coefficient (Wildman–Crippen LogP) is 4.14. The molecule has 7 nitrogen and oxygen atoms in total. The van der Waals surface area contributed by atoms with E-state index in [1.165, 1.54) is 11.0 Å². The molecule has 0 radical (unpaired) electrons. The fourth-order valence-corrected chi connectivity index (χ4v) is 4.71. The Bertz CT molecular complexity index is 1210. The molecule has 3 rings (SSSR count). The number of β-amino-alcohol motifs (C(OH)–C–C–N with tert-alkyl or cyclic N) is 1. The molecule has 0 aliphatic rings. The van der Waals surface area contributed by atoms with Gasteiger partial charge < -0.3 is 26.6 Å². The predicted molar refractivity (Wildman–Crippen MR) is 149 cm³/mol. The molecule has 0 fully saturated rings. The van der Waals surface area contributed by atoms with Crippen LogP contribution in [0.5, 0.6) is 5.75 Å². The molecule has 0 saturated carbocycles. The summed E-state index contributed by atoms with van der Waals surface area (Å²) in [6.07, 6.45) is 2.87. The zero-order valence-corrected chi connectivity index (χ0v) is 22.2. The number of carbonyl (C=O) groups excluding carboxylic acids is 2. The maximum atomic E-state index is 12.4. The van der Waals surface area contributed by atoms with Crippen molar-refractivity contribution in [1.82, 2.24) is 5.32 Å². The summed E-state index contributed by atoms with van der Waals surface area (Å²) in [6.45, 7) is 4.36. The van der Waals surface area contributed by atoms with E-state index in [4.69, 9.17) is 5.73 Å². The van der Waals surface area contributed by atoms with Crippen molar-refractivity contribution < 1.29 is 19.8 Å². The molecule has 0 saturated heterocycles. The third-order valence-corrected chi connectivity index (χ3v) is 7.08. The number of benzene rings is 3. The number of aromatic hydroxyl groups is 1. The zero-order chi connectivity index (χ0) is 27.0. The number of hydrogen-bond acceptors (Lipinski definition) is 6. The highest BCUT2D eigenvalue weighted by Crippen LogP contribution is 2.28. The van der Waals surface area contributed by atoms with Crippen LogP contribution in [0.15, 0.2) is 71.6 Å². The van der Waals surface area contributed by atoms with Gasteiger partial charge in [-0.2, -0.15) is 0 Å². The number of rotatable bonds is 13. The van der Waals surface area contributed by atoms with Crippen molar-refractivity contribution in [1.29, 1.82) is 0 Å². The van der Waals surface area contributed by atoms with Crippen LogP contribution in [0.3, 0.4) is 0 Å². The molecule has 2 amide bonds. The van der Waals surface area contributed by atoms with Gasteiger partial charge in [-0.1, -0.05) is 42.5 Å². The van der Waals surface area contributed by atoms with E-state index in [-0.39, 0.29) is 29.4 Å². The van der Waals surface area contributed by atoms with Crippen molar-refractivity contribution in [3.05, 3.63) is 89.0 Å². The minimum atomic E-state index is -0.838. The monoisotopic (exact) mass is 521 g/mol. The number of aliphatic hydroxyl groups is 1. The average Bonchev–Trinajstić information content (AvgIpc) is 2.87. The number of thioether (sulfide) groups is 1. The lowest BCUT2D eigenvalue weighted by molar-refractivity contribution is -0.119. The molecule has 2 atom stereocenters. The number of nitrogens with one attached hydrogen (secondary N) is 2. The highest BCUT2D eigenvalue weighted by Gasteiger charge is 2.23. The van der Waals surface area contributed by atoms with Crippen LogP contribution in [0.2, 0.25) is 0 Å². The molecule has 8 heteroatoms. The summed E-state index contributed by atoms with van der Waals surface area (Å²) in [7, 11) is 0. The number of nitrogens with two attached hydrogens (primary N) is 1. The number of hydrogen-bond donors (Lipinski definition) is 5. The summed E-state index contributed by atoms with van der Waals surface area (Å²) in [6, 6.07) is 20.7. The van der Waals surface area contributed by atoms with Crippen LogP contribution in [-0.2, 0) is 22.4 Å². The molecule has 3 aromatic carbocycles. The first-order valence-electron chi connectivity index (χ1n) is 12.1. The van der Waals surface area contributed by atoms with Crippen molar-refractivity contribution in [2.45, 2.75) is 49.1 Å². The Hall–Kier alpha value is -3.33. The summed E-state index contributed by atoms with van der Waals surface area (Å²) in [5.41, 5.74) is 9.25. The molecule has 0 heterocycles. The topological polar surface area (TPSA) is 125 Å². The number of amides is 2. The molecule has 196 valence electrons. The lowest BCUT2D eigenvalue weighted by Gasteiger charge is -2.28. The second kappa shape index (κ2) is 12.8. The second-order valence-corrected chi connectivity index (χ2v) is 10.6. The van der Waals surface area contributed by atoms with Crippen molar-refractivity contribution in [3.63, 3.8) is 0 Å². The molecule has 0 aromatic heterocycles. The molecule has 1 unspecified atom stereocenters. The lowest BCUT2D eigenvalue weighted by atomic mass is 9.88. The number of aliphatic hydroxyl groups excluding tert-OH is 1. The Morgan fingerprint density at radius 2 is 1.78 bits per heavy atom. The summed E-state index contributed by atoms with van der Waals surface area (Å²) in [5.74, 6) is -0.854. The third kappa shape index (κ3) is 8.08. The van der Waals surface area contributed by atoms with Crippen LogP contribution in [-0.4, -0.2) is 40.9 Å². The van der Waals surface area contributed by atoms with Crippen LogP contribution in [0.25, 0.3) is 0 Å². The van der Waals surface area contributed by atoms with E-state index in [1.807, 2.05) is 56.5 Å². The molecular weight excluding hydrogens is 486 g/mol. The number of carbonyl (C=O) groups is 2. The molecule has 0 aliphatic heterocycles. The first-order chi connectivity index (χ1) is 17.6. The van der Waals surface area contributed by atoms with Crippen molar-refractivity contribution >= 4 is 29.8 Å². The van der Waals surface area contributed by atoms with Crippen LogP contribution in [0.1, 0.15) is 48.1 Å². The van der Waals surface area contributed by atoms with Crippen LogP contribution >= 0.6 is 11.8 Å². The summed E-state index contributed by atoms with van der Waals surface area (Å²) < 4.78 is 0. The number of anilines is 1. The van der Waals surface area contributed by atoms with Gasteiger partial charge in [-0.15, -0.1) is 11.8 Å². The highest BCUT2D eigenvalue weighted by molar-refractivity contribution is 7.98. The minimum absolute atomic E-state index is 0.0672. The van der Waals surface area contributed by atoms with E-state index in [0.717, 1.165) is 16.7 Å². The Balaban J connectivity index is 1.67. The van der Waals surface area contributed by atoms with E-state index in [9.17, 15) is 19.8 Å². The smallest absolute Gasteiger partial charge is 0.225 e. The standard InChI is InChI=1S/C29H35N3O4S/c1-29(2,32-17-27(35)22-9-12-26(34)25(15-22)31-18-33)16-20-5-4-6-21(13-20)24(28(30)36)14-19-7-10-23(37-3)11-8-19/h4-13,15,18,24,27,32,34-35H,14,16-17H2,1-3H3,(H2,30,36)(H,31,33)/t24?,27-/m0/s1. The molecule has 3 aromatic rings. The first kappa shape index (κ1) is 28.2. The van der Waals surface area contributed by atoms with E-state index in [0.29, 0.717) is 24.8 Å². The highest BCUT2D eigenvalue weighted by atomic mass is 32.2. The number of phenols is 1. The Morgan fingerprint density at radius 1 is 1.05 bits per heavy atom. The first-order valence-corrected chi connectivity index (χ1v) is 13.3. The largest absolute Gasteiger partial charge is 0.506 e. The van der Waals surface area contributed by atoms with Gasteiger partial charge >= 0.3 is 0 Å². The fraction of sp³-hybridized carbons (Fsp3) is 0.310. The molecule has 37 heavy (non-hydrogen) atoms. The van der Waals surface area contributed by atoms with Gasteiger partial charge in [0.05, 0.1) is 17.7 Å². The molecule has 0 bridgehead atoms. The van der Waals surface area contributed by atoms with Gasteiger partial charge in [0, 0.05) is 17.0 Å². The maximum absolute atomic E-state index is 12.4. The number of primary amides is 1. The minimum Gasteiger partial charge on any atom is -0.506 e. The SMILES string of the molecule is CSc1ccc(CC(C(N)=O)c2cccc(CC(C)(C)NC[C@H](O)c3ccc(O)c(NC=O)c3)c2)cc1. The Morgan fingerprint density at radius 3 is 2.43 bits per heavy atom. The van der Waals surface area contributed by atoms with Crippen LogP contribution < -0.4 is 16.4 Å². The van der Waals surface area contributed by atoms with E-state index in [1.54, 1.807) is 23.9 Å². The van der Waals surface area contributed by atoms with Crippen LogP contribution in [0, 0.1) is 0 Å². The van der Waals surface area contributed by atoms with E-state index < -0.39 is 12.0 Å². The molecular formula is C29H35N3O4S. The van der Waals surface area contributed by atoms with Gasteiger partial charge in [-0.25, -0.2) is 0 Å².